The van der Waals surface area contributed by atoms with E-state index in [2.05, 4.69) is 39.0 Å². The summed E-state index contributed by atoms with van der Waals surface area (Å²) in [6.07, 6.45) is 1.07. The molecule has 0 bridgehead atoms. The predicted molar refractivity (Wildman–Crippen MR) is 58.0 cm³/mol. The molecular formula is C12H19N. The predicted octanol–water partition coefficient (Wildman–Crippen LogP) is 2.76. The lowest BCUT2D eigenvalue weighted by Crippen LogP contribution is -2.05. The second-order valence-corrected chi connectivity index (χ2v) is 3.84. The molecule has 1 atom stereocenters. The highest BCUT2D eigenvalue weighted by Gasteiger charge is 2.07. The van der Waals surface area contributed by atoms with Gasteiger partial charge in [0.15, 0.2) is 0 Å². The Bertz CT molecular complexity index is 278. The molecule has 1 nitrogen and oxygen atoms in total. The number of hydrogen-bond acceptors (Lipinski definition) is 1. The largest absolute Gasteiger partial charge is 0.330 e. The first kappa shape index (κ1) is 10.3. The van der Waals surface area contributed by atoms with Crippen molar-refractivity contribution < 1.29 is 0 Å². The van der Waals surface area contributed by atoms with Crippen LogP contribution < -0.4 is 5.73 Å². The van der Waals surface area contributed by atoms with Gasteiger partial charge in [0.2, 0.25) is 0 Å². The van der Waals surface area contributed by atoms with Gasteiger partial charge in [0, 0.05) is 0 Å². The number of rotatable bonds is 3. The lowest BCUT2D eigenvalue weighted by atomic mass is 9.92. The maximum absolute atomic E-state index is 5.55. The van der Waals surface area contributed by atoms with Crippen molar-refractivity contribution in [3.05, 3.63) is 34.9 Å². The standard InChI is InChI=1S/C12H19N/c1-9-4-5-10(2)12(8-9)11(3)6-7-13/h4-5,8,11H,6-7,13H2,1-3H3/t11-/m1/s1. The molecule has 1 aromatic rings. The third-order valence-corrected chi connectivity index (χ3v) is 2.57. The average molecular weight is 177 g/mol. The summed E-state index contributed by atoms with van der Waals surface area (Å²) in [6, 6.07) is 6.63. The molecule has 1 rings (SSSR count). The van der Waals surface area contributed by atoms with Gasteiger partial charge in [-0.2, -0.15) is 0 Å². The van der Waals surface area contributed by atoms with Gasteiger partial charge in [0.25, 0.3) is 0 Å². The quantitative estimate of drug-likeness (QED) is 0.755. The van der Waals surface area contributed by atoms with Gasteiger partial charge in [-0.15, -0.1) is 0 Å². The van der Waals surface area contributed by atoms with E-state index in [1.807, 2.05) is 0 Å². The highest BCUT2D eigenvalue weighted by molar-refractivity contribution is 5.32. The topological polar surface area (TPSA) is 26.0 Å². The molecule has 13 heavy (non-hydrogen) atoms. The molecule has 0 saturated carbocycles. The zero-order chi connectivity index (χ0) is 9.84. The molecule has 0 aliphatic rings. The minimum absolute atomic E-state index is 0.588. The lowest BCUT2D eigenvalue weighted by Gasteiger charge is -2.14. The van der Waals surface area contributed by atoms with Crippen molar-refractivity contribution in [1.82, 2.24) is 0 Å². The number of benzene rings is 1. The van der Waals surface area contributed by atoms with Gasteiger partial charge in [-0.1, -0.05) is 30.7 Å². The van der Waals surface area contributed by atoms with E-state index >= 15 is 0 Å². The molecule has 0 heterocycles. The summed E-state index contributed by atoms with van der Waals surface area (Å²) in [4.78, 5) is 0. The SMILES string of the molecule is Cc1ccc(C)c([C@H](C)CCN)c1. The summed E-state index contributed by atoms with van der Waals surface area (Å²) in [5.41, 5.74) is 9.72. The molecule has 0 aliphatic heterocycles. The Morgan fingerprint density at radius 2 is 2.00 bits per heavy atom. The molecule has 0 aliphatic carbocycles. The molecule has 0 saturated heterocycles. The van der Waals surface area contributed by atoms with Crippen LogP contribution in [0.1, 0.15) is 36.0 Å². The molecule has 0 fully saturated rings. The smallest absolute Gasteiger partial charge is 0.00715 e. The van der Waals surface area contributed by atoms with E-state index in [1.54, 1.807) is 0 Å². The first-order valence-corrected chi connectivity index (χ1v) is 4.92. The third-order valence-electron chi connectivity index (χ3n) is 2.57. The Morgan fingerprint density at radius 3 is 2.62 bits per heavy atom. The molecule has 2 N–H and O–H groups in total. The van der Waals surface area contributed by atoms with Crippen LogP contribution in [0, 0.1) is 13.8 Å². The van der Waals surface area contributed by atoms with Gasteiger partial charge in [0.05, 0.1) is 0 Å². The van der Waals surface area contributed by atoms with E-state index in [0.717, 1.165) is 13.0 Å². The highest BCUT2D eigenvalue weighted by atomic mass is 14.5. The minimum atomic E-state index is 0.588. The molecule has 0 aromatic heterocycles. The Balaban J connectivity index is 2.91. The fourth-order valence-electron chi connectivity index (χ4n) is 1.70. The van der Waals surface area contributed by atoms with Crippen LogP contribution >= 0.6 is 0 Å². The average Bonchev–Trinajstić information content (AvgIpc) is 2.09. The van der Waals surface area contributed by atoms with E-state index in [1.165, 1.54) is 16.7 Å². The van der Waals surface area contributed by atoms with Crippen LogP contribution in [0.25, 0.3) is 0 Å². The summed E-state index contributed by atoms with van der Waals surface area (Å²) in [6.45, 7) is 7.32. The van der Waals surface area contributed by atoms with Crippen molar-refractivity contribution in [1.29, 1.82) is 0 Å². The van der Waals surface area contributed by atoms with Crippen molar-refractivity contribution in [3.63, 3.8) is 0 Å². The van der Waals surface area contributed by atoms with Crippen molar-refractivity contribution in [2.75, 3.05) is 6.54 Å². The third kappa shape index (κ3) is 2.56. The second kappa shape index (κ2) is 4.43. The summed E-state index contributed by atoms with van der Waals surface area (Å²) in [5, 5.41) is 0. The van der Waals surface area contributed by atoms with Crippen LogP contribution in [0.5, 0.6) is 0 Å². The van der Waals surface area contributed by atoms with E-state index in [4.69, 9.17) is 5.73 Å². The van der Waals surface area contributed by atoms with Gasteiger partial charge in [0.1, 0.15) is 0 Å². The van der Waals surface area contributed by atoms with Gasteiger partial charge in [-0.05, 0) is 43.9 Å². The van der Waals surface area contributed by atoms with Crippen LogP contribution in [-0.2, 0) is 0 Å². The maximum atomic E-state index is 5.55. The molecular weight excluding hydrogens is 158 g/mol. The molecule has 0 spiro atoms. The van der Waals surface area contributed by atoms with Crippen LogP contribution in [-0.4, -0.2) is 6.54 Å². The lowest BCUT2D eigenvalue weighted by molar-refractivity contribution is 0.685. The van der Waals surface area contributed by atoms with Crippen LogP contribution in [0.15, 0.2) is 18.2 Å². The molecule has 0 amide bonds. The van der Waals surface area contributed by atoms with E-state index in [0.29, 0.717) is 5.92 Å². The Morgan fingerprint density at radius 1 is 1.31 bits per heavy atom. The van der Waals surface area contributed by atoms with Gasteiger partial charge in [-0.25, -0.2) is 0 Å². The summed E-state index contributed by atoms with van der Waals surface area (Å²) < 4.78 is 0. The molecule has 1 aromatic carbocycles. The van der Waals surface area contributed by atoms with Crippen molar-refractivity contribution in [2.24, 2.45) is 5.73 Å². The first-order valence-electron chi connectivity index (χ1n) is 4.92. The van der Waals surface area contributed by atoms with Gasteiger partial charge < -0.3 is 5.73 Å². The zero-order valence-electron chi connectivity index (χ0n) is 8.80. The van der Waals surface area contributed by atoms with Crippen molar-refractivity contribution in [3.8, 4) is 0 Å². The molecule has 0 radical (unpaired) electrons. The van der Waals surface area contributed by atoms with E-state index in [9.17, 15) is 0 Å². The van der Waals surface area contributed by atoms with Crippen molar-refractivity contribution in [2.45, 2.75) is 33.1 Å². The number of nitrogens with two attached hydrogens (primary N) is 1. The summed E-state index contributed by atoms with van der Waals surface area (Å²) in [7, 11) is 0. The van der Waals surface area contributed by atoms with Gasteiger partial charge >= 0.3 is 0 Å². The Hall–Kier alpha value is -0.820. The maximum Gasteiger partial charge on any atom is -0.00715 e. The van der Waals surface area contributed by atoms with Crippen LogP contribution in [0.4, 0.5) is 0 Å². The number of hydrogen-bond donors (Lipinski definition) is 1. The summed E-state index contributed by atoms with van der Waals surface area (Å²) in [5.74, 6) is 0.588. The number of aryl methyl sites for hydroxylation is 2. The van der Waals surface area contributed by atoms with Crippen LogP contribution in [0.2, 0.25) is 0 Å². The van der Waals surface area contributed by atoms with Gasteiger partial charge in [-0.3, -0.25) is 0 Å². The first-order chi connectivity index (χ1) is 6.15. The fourth-order valence-corrected chi connectivity index (χ4v) is 1.70. The zero-order valence-corrected chi connectivity index (χ0v) is 8.80. The normalized spacial score (nSPS) is 12.9. The fraction of sp³-hybridized carbons (Fsp3) is 0.500. The second-order valence-electron chi connectivity index (χ2n) is 3.84. The Labute approximate surface area is 81.0 Å². The highest BCUT2D eigenvalue weighted by Crippen LogP contribution is 2.22. The van der Waals surface area contributed by atoms with E-state index in [-0.39, 0.29) is 0 Å². The monoisotopic (exact) mass is 177 g/mol. The van der Waals surface area contributed by atoms with Crippen molar-refractivity contribution >= 4 is 0 Å². The summed E-state index contributed by atoms with van der Waals surface area (Å²) >= 11 is 0. The minimum Gasteiger partial charge on any atom is -0.330 e. The molecule has 1 heteroatoms. The van der Waals surface area contributed by atoms with Crippen LogP contribution in [0.3, 0.4) is 0 Å². The molecule has 72 valence electrons. The van der Waals surface area contributed by atoms with E-state index < -0.39 is 0 Å². The molecule has 0 unspecified atom stereocenters. The Kier molecular flexibility index (Phi) is 3.49.